The van der Waals surface area contributed by atoms with Crippen LogP contribution in [0.1, 0.15) is 0 Å². The van der Waals surface area contributed by atoms with E-state index in [9.17, 15) is 0 Å². The van der Waals surface area contributed by atoms with Crippen molar-refractivity contribution in [2.45, 2.75) is 0 Å². The van der Waals surface area contributed by atoms with Crippen LogP contribution < -0.4 is 10.7 Å². The van der Waals surface area contributed by atoms with Gasteiger partial charge in [-0.3, -0.25) is 0 Å². The second kappa shape index (κ2) is 4.37. The van der Waals surface area contributed by atoms with Gasteiger partial charge < -0.3 is 21.0 Å². The third-order valence-corrected chi connectivity index (χ3v) is 2.24. The molecule has 0 radical (unpaired) electrons. The molecule has 0 aromatic carbocycles. The van der Waals surface area contributed by atoms with E-state index in [1.54, 1.807) is 15.9 Å². The first-order chi connectivity index (χ1) is 7.77. The molecule has 0 fully saturated rings. The highest BCUT2D eigenvalue weighted by Gasteiger charge is 2.14. The van der Waals surface area contributed by atoms with Gasteiger partial charge in [-0.1, -0.05) is 0 Å². The number of aliphatic hydroxyl groups is 2. The first-order valence-corrected chi connectivity index (χ1v) is 4.91. The smallest absolute Gasteiger partial charge is 0.239 e. The monoisotopic (exact) mass is 226 g/mol. The number of nitrogens with two attached hydrogens (primary N) is 1. The summed E-state index contributed by atoms with van der Waals surface area (Å²) in [4.78, 5) is 3.94. The predicted octanol–water partition coefficient (Wildman–Crippen LogP) is -1.96. The standard InChI is InChI=1S/C8H14N6O2/c9-8-11-13-6-10-5-7(13)14(8)12(1-3-15)2-4-16/h5-6,15-16H,1-4H2,(H2,9,11). The van der Waals surface area contributed by atoms with E-state index in [0.29, 0.717) is 24.7 Å². The molecule has 88 valence electrons. The lowest BCUT2D eigenvalue weighted by Crippen LogP contribution is -2.39. The van der Waals surface area contributed by atoms with E-state index in [0.717, 1.165) is 0 Å². The highest BCUT2D eigenvalue weighted by molar-refractivity contribution is 5.44. The van der Waals surface area contributed by atoms with Crippen molar-refractivity contribution in [2.75, 3.05) is 37.0 Å². The Morgan fingerprint density at radius 2 is 2.00 bits per heavy atom. The molecule has 8 nitrogen and oxygen atoms in total. The molecule has 2 aromatic heterocycles. The van der Waals surface area contributed by atoms with Gasteiger partial charge in [0.05, 0.1) is 32.5 Å². The van der Waals surface area contributed by atoms with Crippen LogP contribution in [0.15, 0.2) is 12.5 Å². The SMILES string of the molecule is Nc1nn2cncc2n1N(CCO)CCO. The quantitative estimate of drug-likeness (QED) is 0.546. The molecule has 0 aliphatic heterocycles. The molecule has 2 rings (SSSR count). The molecule has 16 heavy (non-hydrogen) atoms. The van der Waals surface area contributed by atoms with Crippen molar-refractivity contribution in [3.8, 4) is 0 Å². The lowest BCUT2D eigenvalue weighted by Gasteiger charge is -2.24. The van der Waals surface area contributed by atoms with Crippen LogP contribution in [0.4, 0.5) is 5.95 Å². The van der Waals surface area contributed by atoms with Gasteiger partial charge in [0.1, 0.15) is 6.33 Å². The molecular weight excluding hydrogens is 212 g/mol. The Kier molecular flexibility index (Phi) is 2.93. The summed E-state index contributed by atoms with van der Waals surface area (Å²) in [6.07, 6.45) is 3.16. The van der Waals surface area contributed by atoms with Crippen LogP contribution in [-0.2, 0) is 0 Å². The molecule has 0 amide bonds. The first kappa shape index (κ1) is 10.7. The average Bonchev–Trinajstić information content (AvgIpc) is 2.77. The highest BCUT2D eigenvalue weighted by Crippen LogP contribution is 2.09. The van der Waals surface area contributed by atoms with Gasteiger partial charge in [0.15, 0.2) is 5.65 Å². The van der Waals surface area contributed by atoms with Crippen LogP contribution >= 0.6 is 0 Å². The molecule has 8 heteroatoms. The van der Waals surface area contributed by atoms with Gasteiger partial charge in [-0.15, -0.1) is 5.10 Å². The summed E-state index contributed by atoms with van der Waals surface area (Å²) in [7, 11) is 0. The average molecular weight is 226 g/mol. The minimum absolute atomic E-state index is 0.0298. The van der Waals surface area contributed by atoms with Gasteiger partial charge in [-0.25, -0.2) is 9.66 Å². The van der Waals surface area contributed by atoms with E-state index in [2.05, 4.69) is 10.1 Å². The highest BCUT2D eigenvalue weighted by atomic mass is 16.3. The van der Waals surface area contributed by atoms with Crippen molar-refractivity contribution in [1.29, 1.82) is 0 Å². The number of hydrogen-bond acceptors (Lipinski definition) is 6. The zero-order valence-corrected chi connectivity index (χ0v) is 8.69. The van der Waals surface area contributed by atoms with Crippen molar-refractivity contribution < 1.29 is 10.2 Å². The van der Waals surface area contributed by atoms with E-state index in [-0.39, 0.29) is 13.2 Å². The van der Waals surface area contributed by atoms with Gasteiger partial charge in [0, 0.05) is 0 Å². The zero-order chi connectivity index (χ0) is 11.5. The Morgan fingerprint density at radius 1 is 1.31 bits per heavy atom. The van der Waals surface area contributed by atoms with E-state index in [4.69, 9.17) is 15.9 Å². The van der Waals surface area contributed by atoms with Crippen LogP contribution in [0, 0.1) is 0 Å². The van der Waals surface area contributed by atoms with Crippen molar-refractivity contribution in [3.05, 3.63) is 12.5 Å². The summed E-state index contributed by atoms with van der Waals surface area (Å²) in [5.74, 6) is 0.291. The fraction of sp³-hybridized carbons (Fsp3) is 0.500. The maximum atomic E-state index is 8.96. The van der Waals surface area contributed by atoms with Gasteiger partial charge >= 0.3 is 0 Å². The fourth-order valence-corrected chi connectivity index (χ4v) is 1.61. The number of fused-ring (bicyclic) bond motifs is 1. The van der Waals surface area contributed by atoms with Crippen molar-refractivity contribution >= 4 is 11.6 Å². The van der Waals surface area contributed by atoms with E-state index in [1.807, 2.05) is 0 Å². The third kappa shape index (κ3) is 1.68. The van der Waals surface area contributed by atoms with Gasteiger partial charge in [0.2, 0.25) is 5.95 Å². The van der Waals surface area contributed by atoms with Gasteiger partial charge in [-0.05, 0) is 0 Å². The van der Waals surface area contributed by atoms with Crippen LogP contribution in [0.25, 0.3) is 5.65 Å². The summed E-state index contributed by atoms with van der Waals surface area (Å²) >= 11 is 0. The summed E-state index contributed by atoms with van der Waals surface area (Å²) in [5, 5.41) is 23.7. The molecule has 0 aliphatic carbocycles. The summed E-state index contributed by atoms with van der Waals surface area (Å²) in [5.41, 5.74) is 6.45. The number of imidazole rings is 1. The number of hydrogen-bond donors (Lipinski definition) is 3. The van der Waals surface area contributed by atoms with Crippen LogP contribution in [0.3, 0.4) is 0 Å². The van der Waals surface area contributed by atoms with Gasteiger partial charge in [-0.2, -0.15) is 4.52 Å². The lowest BCUT2D eigenvalue weighted by molar-refractivity contribution is 0.267. The number of nitrogens with zero attached hydrogens (tertiary/aromatic N) is 5. The molecule has 0 spiro atoms. The summed E-state index contributed by atoms with van der Waals surface area (Å²) < 4.78 is 3.16. The Hall–Kier alpha value is -1.80. The van der Waals surface area contributed by atoms with Crippen LogP contribution in [0.5, 0.6) is 0 Å². The molecule has 0 unspecified atom stereocenters. The Morgan fingerprint density at radius 3 is 2.62 bits per heavy atom. The number of aromatic nitrogens is 4. The Bertz CT molecular complexity index is 458. The van der Waals surface area contributed by atoms with E-state index < -0.39 is 0 Å². The molecule has 2 heterocycles. The van der Waals surface area contributed by atoms with Gasteiger partial charge in [0.25, 0.3) is 0 Å². The summed E-state index contributed by atoms with van der Waals surface area (Å²) in [6.45, 7) is 0.666. The number of anilines is 1. The molecule has 0 saturated carbocycles. The normalized spacial score (nSPS) is 11.1. The van der Waals surface area contributed by atoms with E-state index in [1.165, 1.54) is 10.8 Å². The number of aliphatic hydroxyl groups excluding tert-OH is 2. The van der Waals surface area contributed by atoms with Crippen LogP contribution in [-0.4, -0.2) is 55.8 Å². The maximum absolute atomic E-state index is 8.96. The topological polar surface area (TPSA) is 105 Å². The summed E-state index contributed by atoms with van der Waals surface area (Å²) in [6, 6.07) is 0. The first-order valence-electron chi connectivity index (χ1n) is 4.91. The minimum atomic E-state index is -0.0298. The molecule has 2 aromatic rings. The molecule has 0 aliphatic rings. The van der Waals surface area contributed by atoms with Crippen molar-refractivity contribution in [2.24, 2.45) is 0 Å². The molecule has 0 atom stereocenters. The van der Waals surface area contributed by atoms with Crippen LogP contribution in [0.2, 0.25) is 0 Å². The molecular formula is C8H14N6O2. The van der Waals surface area contributed by atoms with Crippen molar-refractivity contribution in [3.63, 3.8) is 0 Å². The van der Waals surface area contributed by atoms with Crippen molar-refractivity contribution in [1.82, 2.24) is 19.3 Å². The molecule has 4 N–H and O–H groups in total. The predicted molar refractivity (Wildman–Crippen MR) is 57.5 cm³/mol. The molecule has 0 saturated heterocycles. The number of nitrogen functional groups attached to an aromatic ring is 1. The third-order valence-electron chi connectivity index (χ3n) is 2.24. The zero-order valence-electron chi connectivity index (χ0n) is 8.69. The van der Waals surface area contributed by atoms with E-state index >= 15 is 0 Å². The maximum Gasteiger partial charge on any atom is 0.239 e. The Labute approximate surface area is 91.5 Å². The largest absolute Gasteiger partial charge is 0.394 e. The lowest BCUT2D eigenvalue weighted by atomic mass is 10.5. The second-order valence-corrected chi connectivity index (χ2v) is 3.27. The molecule has 0 bridgehead atoms. The fourth-order valence-electron chi connectivity index (χ4n) is 1.61. The second-order valence-electron chi connectivity index (χ2n) is 3.27. The number of rotatable bonds is 5. The minimum Gasteiger partial charge on any atom is -0.394 e. The Balaban J connectivity index is 2.41.